The van der Waals surface area contributed by atoms with Crippen LogP contribution < -0.4 is 10.2 Å². The third-order valence-corrected chi connectivity index (χ3v) is 6.12. The summed E-state index contributed by atoms with van der Waals surface area (Å²) in [7, 11) is 1.83. The van der Waals surface area contributed by atoms with Crippen molar-refractivity contribution in [2.45, 2.75) is 31.6 Å². The molecule has 1 aliphatic carbocycles. The van der Waals surface area contributed by atoms with Crippen molar-refractivity contribution in [2.24, 2.45) is 0 Å². The quantitative estimate of drug-likeness (QED) is 0.728. The van der Waals surface area contributed by atoms with Gasteiger partial charge in [0.2, 0.25) is 5.91 Å². The van der Waals surface area contributed by atoms with E-state index in [0.29, 0.717) is 25.6 Å². The molecule has 1 amide bonds. The largest absolute Gasteiger partial charge is 0.353 e. The maximum Gasteiger partial charge on any atom is 0.231 e. The lowest BCUT2D eigenvalue weighted by molar-refractivity contribution is -0.133. The Kier molecular flexibility index (Phi) is 9.03. The minimum atomic E-state index is -0.310. The van der Waals surface area contributed by atoms with E-state index in [2.05, 4.69) is 27.1 Å². The van der Waals surface area contributed by atoms with E-state index in [0.717, 1.165) is 37.3 Å². The summed E-state index contributed by atoms with van der Waals surface area (Å²) in [6.07, 6.45) is 3.82. The minimum Gasteiger partial charge on any atom is -0.353 e. The number of aryl methyl sites for hydroxylation is 1. The lowest BCUT2D eigenvalue weighted by atomic mass is 9.97. The van der Waals surface area contributed by atoms with Gasteiger partial charge in [-0.3, -0.25) is 4.79 Å². The molecule has 1 N–H and O–H groups in total. The van der Waals surface area contributed by atoms with Crippen LogP contribution in [0.2, 0.25) is 0 Å². The highest BCUT2D eigenvalue weighted by atomic mass is 35.5. The number of piperazine rings is 1. The number of aromatic nitrogens is 2. The van der Waals surface area contributed by atoms with Crippen molar-refractivity contribution in [3.8, 4) is 0 Å². The number of amides is 1. The fourth-order valence-electron chi connectivity index (χ4n) is 4.48. The van der Waals surface area contributed by atoms with E-state index in [1.807, 2.05) is 11.9 Å². The van der Waals surface area contributed by atoms with E-state index < -0.39 is 0 Å². The van der Waals surface area contributed by atoms with E-state index in [4.69, 9.17) is 0 Å². The van der Waals surface area contributed by atoms with Crippen LogP contribution in [-0.4, -0.2) is 60.5 Å². The second-order valence-electron chi connectivity index (χ2n) is 7.97. The topological polar surface area (TPSA) is 61.4 Å². The van der Waals surface area contributed by atoms with Crippen molar-refractivity contribution in [3.05, 3.63) is 53.2 Å². The number of hydrogen-bond donors (Lipinski definition) is 1. The number of anilines is 1. The van der Waals surface area contributed by atoms with Gasteiger partial charge in [-0.15, -0.1) is 24.8 Å². The normalized spacial score (nSPS) is 18.6. The van der Waals surface area contributed by atoms with Crippen LogP contribution in [0.5, 0.6) is 0 Å². The number of carbonyl (C=O) groups excluding carboxylic acids is 1. The van der Waals surface area contributed by atoms with Crippen molar-refractivity contribution < 1.29 is 9.18 Å². The molecule has 4 rings (SSSR count). The number of halogens is 3. The summed E-state index contributed by atoms with van der Waals surface area (Å²) < 4.78 is 13.3. The first-order valence-electron chi connectivity index (χ1n) is 10.4. The first-order chi connectivity index (χ1) is 14.1. The first kappa shape index (κ1) is 25.3. The van der Waals surface area contributed by atoms with Gasteiger partial charge in [0.15, 0.2) is 0 Å². The number of nitrogens with one attached hydrogen (secondary N) is 1. The third kappa shape index (κ3) is 5.27. The predicted octanol–water partition coefficient (Wildman–Crippen LogP) is 3.16. The fourth-order valence-corrected chi connectivity index (χ4v) is 4.48. The van der Waals surface area contributed by atoms with Crippen LogP contribution >= 0.6 is 24.8 Å². The second-order valence-corrected chi connectivity index (χ2v) is 7.97. The van der Waals surface area contributed by atoms with E-state index in [1.54, 1.807) is 18.5 Å². The van der Waals surface area contributed by atoms with Gasteiger partial charge in [0.25, 0.3) is 0 Å². The zero-order valence-corrected chi connectivity index (χ0v) is 19.5. The molecule has 1 aromatic heterocycles. The Balaban J connectivity index is 0.00000171. The molecule has 170 valence electrons. The molecule has 0 spiro atoms. The zero-order valence-electron chi connectivity index (χ0n) is 17.9. The molecular weight excluding hydrogens is 440 g/mol. The number of likely N-dealkylation sites (N-methyl/N-ethyl adjacent to an activating group) is 1. The van der Waals surface area contributed by atoms with Gasteiger partial charge in [-0.2, -0.15) is 0 Å². The van der Waals surface area contributed by atoms with Gasteiger partial charge in [-0.25, -0.2) is 14.4 Å². The molecule has 31 heavy (non-hydrogen) atoms. The number of hydrogen-bond acceptors (Lipinski definition) is 5. The second kappa shape index (κ2) is 11.1. The Labute approximate surface area is 195 Å². The molecule has 2 atom stereocenters. The van der Waals surface area contributed by atoms with Crippen molar-refractivity contribution in [1.29, 1.82) is 0 Å². The summed E-state index contributed by atoms with van der Waals surface area (Å²) in [4.78, 5) is 26.5. The molecule has 6 nitrogen and oxygen atoms in total. The number of carbonyl (C=O) groups is 1. The van der Waals surface area contributed by atoms with E-state index in [9.17, 15) is 9.18 Å². The van der Waals surface area contributed by atoms with Crippen LogP contribution in [0.3, 0.4) is 0 Å². The van der Waals surface area contributed by atoms with Gasteiger partial charge in [0.1, 0.15) is 18.0 Å². The Morgan fingerprint density at radius 1 is 1.16 bits per heavy atom. The van der Waals surface area contributed by atoms with Gasteiger partial charge in [-0.05, 0) is 43.5 Å². The van der Waals surface area contributed by atoms with Crippen molar-refractivity contribution >= 4 is 36.5 Å². The highest BCUT2D eigenvalue weighted by Gasteiger charge is 2.31. The molecule has 0 saturated carbocycles. The van der Waals surface area contributed by atoms with E-state index in [-0.39, 0.29) is 42.5 Å². The predicted molar refractivity (Wildman–Crippen MR) is 125 cm³/mol. The average molecular weight is 470 g/mol. The molecule has 1 aliphatic heterocycles. The molecule has 2 aliphatic rings. The Bertz CT molecular complexity index is 875. The number of fused-ring (bicyclic) bond motifs is 1. The number of nitrogens with zero attached hydrogens (tertiary/aromatic N) is 4. The molecule has 2 aromatic rings. The van der Waals surface area contributed by atoms with Gasteiger partial charge in [0, 0.05) is 44.0 Å². The number of benzene rings is 1. The van der Waals surface area contributed by atoms with Crippen molar-refractivity contribution in [2.75, 3.05) is 44.7 Å². The maximum atomic E-state index is 13.3. The van der Waals surface area contributed by atoms with Gasteiger partial charge >= 0.3 is 0 Å². The minimum absolute atomic E-state index is 0. The summed E-state index contributed by atoms with van der Waals surface area (Å²) in [6.45, 7) is 5.61. The smallest absolute Gasteiger partial charge is 0.231 e. The third-order valence-electron chi connectivity index (χ3n) is 6.12. The van der Waals surface area contributed by atoms with Gasteiger partial charge < -0.3 is 15.1 Å². The first-order valence-corrected chi connectivity index (χ1v) is 10.4. The molecule has 1 fully saturated rings. The van der Waals surface area contributed by atoms with Crippen LogP contribution in [0.4, 0.5) is 10.2 Å². The molecule has 0 unspecified atom stereocenters. The lowest BCUT2D eigenvalue weighted by Crippen LogP contribution is -2.51. The standard InChI is InChI=1S/C22H28FN5O.2ClH/c1-15-3-8-19-20(15)21(26-14-25-19)27-9-11-28(12-10-27)22(29)18(13-24-2)16-4-6-17(23)7-5-16;;/h4-7,14-15,18,24H,3,8-13H2,1-2H3;2*1H/t15-,18+;;/m1../s1. The van der Waals surface area contributed by atoms with Crippen molar-refractivity contribution in [1.82, 2.24) is 20.2 Å². The Morgan fingerprint density at radius 3 is 2.48 bits per heavy atom. The summed E-state index contributed by atoms with van der Waals surface area (Å²) in [5.41, 5.74) is 3.30. The fraction of sp³-hybridized carbons (Fsp3) is 0.500. The average Bonchev–Trinajstić information content (AvgIpc) is 3.14. The SMILES string of the molecule is CNC[C@H](C(=O)N1CCN(c2ncnc3c2[C@H](C)CC3)CC1)c1ccc(F)cc1.Cl.Cl. The van der Waals surface area contributed by atoms with Crippen LogP contribution in [0.15, 0.2) is 30.6 Å². The summed E-state index contributed by atoms with van der Waals surface area (Å²) >= 11 is 0. The Morgan fingerprint density at radius 2 is 1.84 bits per heavy atom. The summed E-state index contributed by atoms with van der Waals surface area (Å²) in [6, 6.07) is 6.24. The summed E-state index contributed by atoms with van der Waals surface area (Å²) in [5, 5.41) is 3.10. The van der Waals surface area contributed by atoms with Gasteiger partial charge in [0.05, 0.1) is 5.92 Å². The van der Waals surface area contributed by atoms with Crippen LogP contribution in [0.1, 0.15) is 42.0 Å². The lowest BCUT2D eigenvalue weighted by Gasteiger charge is -2.38. The van der Waals surface area contributed by atoms with Crippen LogP contribution in [0.25, 0.3) is 0 Å². The maximum absolute atomic E-state index is 13.3. The highest BCUT2D eigenvalue weighted by molar-refractivity contribution is 5.86. The molecule has 0 bridgehead atoms. The molecule has 0 radical (unpaired) electrons. The van der Waals surface area contributed by atoms with Crippen molar-refractivity contribution in [3.63, 3.8) is 0 Å². The van der Waals surface area contributed by atoms with Crippen LogP contribution in [0, 0.1) is 5.82 Å². The molecule has 2 heterocycles. The highest BCUT2D eigenvalue weighted by Crippen LogP contribution is 2.37. The zero-order chi connectivity index (χ0) is 20.4. The number of rotatable bonds is 5. The molecule has 9 heteroatoms. The molecule has 1 saturated heterocycles. The molecule has 1 aromatic carbocycles. The van der Waals surface area contributed by atoms with Crippen LogP contribution in [-0.2, 0) is 11.2 Å². The van der Waals surface area contributed by atoms with Gasteiger partial charge in [-0.1, -0.05) is 19.1 Å². The monoisotopic (exact) mass is 469 g/mol. The van der Waals surface area contributed by atoms with E-state index in [1.165, 1.54) is 23.4 Å². The van der Waals surface area contributed by atoms with E-state index >= 15 is 0 Å². The summed E-state index contributed by atoms with van der Waals surface area (Å²) in [5.74, 6) is 1.02. The Hall–Kier alpha value is -1.96. The molecular formula is C22H30Cl2FN5O.